The minimum atomic E-state index is -0.152. The van der Waals surface area contributed by atoms with Gasteiger partial charge in [-0.25, -0.2) is 0 Å². The molecule has 0 saturated carbocycles. The molecule has 2 aromatic carbocycles. The number of hydrogen-bond acceptors (Lipinski definition) is 3. The van der Waals surface area contributed by atoms with Crippen molar-refractivity contribution in [2.45, 2.75) is 20.4 Å². The lowest BCUT2D eigenvalue weighted by Gasteiger charge is -2.19. The average molecular weight is 345 g/mol. The van der Waals surface area contributed by atoms with Gasteiger partial charge in [-0.2, -0.15) is 0 Å². The third kappa shape index (κ3) is 4.28. The first-order chi connectivity index (χ1) is 12.5. The van der Waals surface area contributed by atoms with Gasteiger partial charge in [0.1, 0.15) is 0 Å². The minimum absolute atomic E-state index is 0.152. The molecule has 4 nitrogen and oxygen atoms in total. The summed E-state index contributed by atoms with van der Waals surface area (Å²) in [5, 5.41) is 2.99. The average Bonchev–Trinajstić information content (AvgIpc) is 2.65. The van der Waals surface area contributed by atoms with Crippen LogP contribution < -0.4 is 10.2 Å². The third-order valence-corrected chi connectivity index (χ3v) is 4.33. The lowest BCUT2D eigenvalue weighted by Crippen LogP contribution is -2.18. The zero-order valence-corrected chi connectivity index (χ0v) is 15.4. The molecule has 1 amide bonds. The quantitative estimate of drug-likeness (QED) is 0.736. The Morgan fingerprint density at radius 3 is 2.58 bits per heavy atom. The van der Waals surface area contributed by atoms with E-state index in [0.29, 0.717) is 5.56 Å². The van der Waals surface area contributed by atoms with Gasteiger partial charge in [-0.05, 0) is 42.7 Å². The summed E-state index contributed by atoms with van der Waals surface area (Å²) >= 11 is 0. The number of nitrogens with one attached hydrogen (secondary N) is 1. The van der Waals surface area contributed by atoms with Gasteiger partial charge in [-0.15, -0.1) is 0 Å². The number of carbonyl (C=O) groups excluding carboxylic acids is 1. The number of aryl methyl sites for hydroxylation is 2. The maximum Gasteiger partial charge on any atom is 0.257 e. The normalized spacial score (nSPS) is 10.4. The number of carbonyl (C=O) groups is 1. The number of aromatic nitrogens is 1. The van der Waals surface area contributed by atoms with Crippen molar-refractivity contribution in [1.82, 2.24) is 4.98 Å². The summed E-state index contributed by atoms with van der Waals surface area (Å²) in [6, 6.07) is 18.1. The summed E-state index contributed by atoms with van der Waals surface area (Å²) < 4.78 is 0. The first-order valence-corrected chi connectivity index (χ1v) is 8.61. The van der Waals surface area contributed by atoms with Crippen LogP contribution in [0, 0.1) is 13.8 Å². The fourth-order valence-corrected chi connectivity index (χ4v) is 2.77. The monoisotopic (exact) mass is 345 g/mol. The number of nitrogens with zero attached hydrogens (tertiary/aromatic N) is 2. The Balaban J connectivity index is 1.76. The number of amides is 1. The van der Waals surface area contributed by atoms with Crippen molar-refractivity contribution in [2.75, 3.05) is 17.3 Å². The van der Waals surface area contributed by atoms with Crippen molar-refractivity contribution in [2.24, 2.45) is 0 Å². The van der Waals surface area contributed by atoms with E-state index in [9.17, 15) is 4.79 Å². The summed E-state index contributed by atoms with van der Waals surface area (Å²) in [6.07, 6.45) is 3.37. The summed E-state index contributed by atoms with van der Waals surface area (Å²) in [7, 11) is 2.00. The second-order valence-electron chi connectivity index (χ2n) is 6.55. The molecule has 0 aliphatic heterocycles. The Morgan fingerprint density at radius 1 is 1.04 bits per heavy atom. The SMILES string of the molecule is Cc1ccc(C)c(NC(=O)c2cncc(N(C)Cc3ccccc3)c2)c1. The van der Waals surface area contributed by atoms with E-state index in [1.54, 1.807) is 12.4 Å². The molecule has 3 aromatic rings. The summed E-state index contributed by atoms with van der Waals surface area (Å²) in [5.74, 6) is -0.152. The first-order valence-electron chi connectivity index (χ1n) is 8.61. The zero-order valence-electron chi connectivity index (χ0n) is 15.4. The molecule has 0 radical (unpaired) electrons. The Morgan fingerprint density at radius 2 is 1.81 bits per heavy atom. The van der Waals surface area contributed by atoms with Crippen LogP contribution in [0.1, 0.15) is 27.0 Å². The lowest BCUT2D eigenvalue weighted by molar-refractivity contribution is 0.102. The molecule has 0 saturated heterocycles. The van der Waals surface area contributed by atoms with Crippen molar-refractivity contribution < 1.29 is 4.79 Å². The van der Waals surface area contributed by atoms with Crippen molar-refractivity contribution in [3.05, 3.63) is 89.2 Å². The molecule has 0 aliphatic rings. The fraction of sp³-hybridized carbons (Fsp3) is 0.182. The number of rotatable bonds is 5. The molecule has 1 aromatic heterocycles. The minimum Gasteiger partial charge on any atom is -0.369 e. The lowest BCUT2D eigenvalue weighted by atomic mass is 10.1. The second-order valence-corrected chi connectivity index (χ2v) is 6.55. The van der Waals surface area contributed by atoms with Gasteiger partial charge in [-0.1, -0.05) is 42.5 Å². The molecule has 26 heavy (non-hydrogen) atoms. The van der Waals surface area contributed by atoms with Gasteiger partial charge in [0, 0.05) is 25.5 Å². The van der Waals surface area contributed by atoms with E-state index in [1.165, 1.54) is 5.56 Å². The Labute approximate surface area is 154 Å². The van der Waals surface area contributed by atoms with Crippen LogP contribution in [0.5, 0.6) is 0 Å². The highest BCUT2D eigenvalue weighted by molar-refractivity contribution is 6.05. The molecule has 1 heterocycles. The van der Waals surface area contributed by atoms with Crippen LogP contribution in [-0.4, -0.2) is 17.9 Å². The van der Waals surface area contributed by atoms with E-state index in [0.717, 1.165) is 29.0 Å². The van der Waals surface area contributed by atoms with Crippen molar-refractivity contribution in [3.8, 4) is 0 Å². The standard InChI is InChI=1S/C22H23N3O/c1-16-9-10-17(2)21(11-16)24-22(26)19-12-20(14-23-13-19)25(3)15-18-7-5-4-6-8-18/h4-14H,15H2,1-3H3,(H,24,26). The van der Waals surface area contributed by atoms with Gasteiger partial charge in [0.2, 0.25) is 0 Å². The zero-order chi connectivity index (χ0) is 18.5. The van der Waals surface area contributed by atoms with Crippen molar-refractivity contribution in [3.63, 3.8) is 0 Å². The number of benzene rings is 2. The highest BCUT2D eigenvalue weighted by atomic mass is 16.1. The van der Waals surface area contributed by atoms with Gasteiger partial charge in [-0.3, -0.25) is 9.78 Å². The molecule has 0 atom stereocenters. The van der Waals surface area contributed by atoms with E-state index >= 15 is 0 Å². The van der Waals surface area contributed by atoms with Gasteiger partial charge in [0.25, 0.3) is 5.91 Å². The molecule has 4 heteroatoms. The van der Waals surface area contributed by atoms with E-state index in [1.807, 2.05) is 63.4 Å². The molecular formula is C22H23N3O. The van der Waals surface area contributed by atoms with E-state index in [4.69, 9.17) is 0 Å². The van der Waals surface area contributed by atoms with Crippen molar-refractivity contribution in [1.29, 1.82) is 0 Å². The van der Waals surface area contributed by atoms with E-state index in [-0.39, 0.29) is 5.91 Å². The molecule has 132 valence electrons. The number of pyridine rings is 1. The molecule has 1 N–H and O–H groups in total. The Kier molecular flexibility index (Phi) is 5.32. The largest absolute Gasteiger partial charge is 0.369 e. The van der Waals surface area contributed by atoms with Crippen LogP contribution >= 0.6 is 0 Å². The molecular weight excluding hydrogens is 322 g/mol. The van der Waals surface area contributed by atoms with Gasteiger partial charge < -0.3 is 10.2 Å². The van der Waals surface area contributed by atoms with Gasteiger partial charge in [0.05, 0.1) is 17.4 Å². The van der Waals surface area contributed by atoms with Crippen LogP contribution in [0.3, 0.4) is 0 Å². The second kappa shape index (κ2) is 7.83. The summed E-state index contributed by atoms with van der Waals surface area (Å²) in [6.45, 7) is 4.75. The first kappa shape index (κ1) is 17.7. The van der Waals surface area contributed by atoms with Crippen LogP contribution in [-0.2, 0) is 6.54 Å². The van der Waals surface area contributed by atoms with Crippen LogP contribution in [0.25, 0.3) is 0 Å². The Bertz CT molecular complexity index is 906. The summed E-state index contributed by atoms with van der Waals surface area (Å²) in [5.41, 5.74) is 5.64. The molecule has 0 spiro atoms. The van der Waals surface area contributed by atoms with Gasteiger partial charge >= 0.3 is 0 Å². The molecule has 0 aliphatic carbocycles. The topological polar surface area (TPSA) is 45.2 Å². The highest BCUT2D eigenvalue weighted by Crippen LogP contribution is 2.20. The number of anilines is 2. The molecule has 0 fully saturated rings. The van der Waals surface area contributed by atoms with Gasteiger partial charge in [0.15, 0.2) is 0 Å². The van der Waals surface area contributed by atoms with Crippen molar-refractivity contribution >= 4 is 17.3 Å². The molecule has 3 rings (SSSR count). The molecule has 0 bridgehead atoms. The third-order valence-electron chi connectivity index (χ3n) is 4.33. The van der Waals surface area contributed by atoms with E-state index in [2.05, 4.69) is 27.3 Å². The van der Waals surface area contributed by atoms with E-state index < -0.39 is 0 Å². The Hall–Kier alpha value is -3.14. The maximum absolute atomic E-state index is 12.6. The highest BCUT2D eigenvalue weighted by Gasteiger charge is 2.11. The summed E-state index contributed by atoms with van der Waals surface area (Å²) in [4.78, 5) is 19.0. The predicted molar refractivity (Wildman–Crippen MR) is 107 cm³/mol. The smallest absolute Gasteiger partial charge is 0.257 e. The number of hydrogen-bond donors (Lipinski definition) is 1. The van der Waals surface area contributed by atoms with Crippen LogP contribution in [0.15, 0.2) is 67.0 Å². The van der Waals surface area contributed by atoms with Crippen LogP contribution in [0.2, 0.25) is 0 Å². The molecule has 0 unspecified atom stereocenters. The maximum atomic E-state index is 12.6. The van der Waals surface area contributed by atoms with Crippen LogP contribution in [0.4, 0.5) is 11.4 Å². The fourth-order valence-electron chi connectivity index (χ4n) is 2.77. The predicted octanol–water partition coefficient (Wildman–Crippen LogP) is 4.59.